The number of carbonyl (C=O) groups is 1. The van der Waals surface area contributed by atoms with Gasteiger partial charge >= 0.3 is 5.97 Å². The Balaban J connectivity index is 0.00000169. The second-order valence-electron chi connectivity index (χ2n) is 2.44. The van der Waals surface area contributed by atoms with E-state index in [-0.39, 0.29) is 17.4 Å². The molecule has 4 heteroatoms. The number of ether oxygens (including phenoxy) is 1. The highest BCUT2D eigenvalue weighted by Gasteiger charge is 1.91. The van der Waals surface area contributed by atoms with E-state index in [1.807, 2.05) is 0 Å². The summed E-state index contributed by atoms with van der Waals surface area (Å²) >= 11 is 0. The molecule has 74 valence electrons. The van der Waals surface area contributed by atoms with Crippen molar-refractivity contribution in [3.05, 3.63) is 35.9 Å². The molecule has 14 heavy (non-hydrogen) atoms. The van der Waals surface area contributed by atoms with Crippen LogP contribution in [0.4, 0.5) is 0 Å². The van der Waals surface area contributed by atoms with Crippen molar-refractivity contribution < 1.29 is 14.6 Å². The molecule has 1 aromatic rings. The number of hydrogen-bond donors (Lipinski definition) is 1. The maximum Gasteiger partial charge on any atom is 0.328 e. The molecule has 0 aliphatic rings. The summed E-state index contributed by atoms with van der Waals surface area (Å²) in [5.74, 6) is -0.191. The molecule has 1 aromatic carbocycles. The summed E-state index contributed by atoms with van der Waals surface area (Å²) < 4.78 is 4.95. The molecule has 0 aliphatic carbocycles. The van der Waals surface area contributed by atoms with Crippen molar-refractivity contribution >= 4 is 29.4 Å². The molecule has 1 N–H and O–H groups in total. The monoisotopic (exact) mass is 208 g/mol. The molecule has 0 aliphatic heterocycles. The molecule has 0 radical (unpaired) electrons. The van der Waals surface area contributed by atoms with Gasteiger partial charge < -0.3 is 9.84 Å². The Hall–Kier alpha value is -1.24. The minimum absolute atomic E-state index is 0. The highest BCUT2D eigenvalue weighted by molar-refractivity contribution is 5.85. The Bertz CT molecular complexity index is 317. The number of methoxy groups -OCH3 is 1. The average Bonchev–Trinajstić information content (AvgIpc) is 2.15. The second-order valence-corrected chi connectivity index (χ2v) is 2.44. The zero-order valence-corrected chi connectivity index (χ0v) is 7.23. The molecule has 3 nitrogen and oxygen atoms in total. The topological polar surface area (TPSA) is 46.5 Å². The van der Waals surface area contributed by atoms with Gasteiger partial charge in [-0.2, -0.15) is 0 Å². The summed E-state index contributed by atoms with van der Waals surface area (Å²) in [5.41, 5.74) is 0.836. The van der Waals surface area contributed by atoms with Gasteiger partial charge in [0.05, 0.1) is 7.11 Å². The molecule has 0 amide bonds. The van der Waals surface area contributed by atoms with E-state index in [4.69, 9.17) is 9.84 Å². The smallest absolute Gasteiger partial charge is 0.328 e. The van der Waals surface area contributed by atoms with Crippen LogP contribution in [0, 0.1) is 0 Å². The van der Waals surface area contributed by atoms with Crippen molar-refractivity contribution in [3.8, 4) is 5.75 Å². The fraction of sp³-hybridized carbons (Fsp3) is 0.100. The van der Waals surface area contributed by atoms with Crippen molar-refractivity contribution in [1.82, 2.24) is 0 Å². The first-order valence-corrected chi connectivity index (χ1v) is 3.77. The molecule has 1 rings (SSSR count). The van der Waals surface area contributed by atoms with Crippen LogP contribution in [0.1, 0.15) is 5.56 Å². The van der Waals surface area contributed by atoms with Gasteiger partial charge in [-0.15, -0.1) is 0 Å². The van der Waals surface area contributed by atoms with Crippen LogP contribution < -0.4 is 4.74 Å². The average molecular weight is 208 g/mol. The normalized spacial score (nSPS) is 9.50. The lowest BCUT2D eigenvalue weighted by molar-refractivity contribution is -0.131. The van der Waals surface area contributed by atoms with Crippen molar-refractivity contribution in [2.75, 3.05) is 7.11 Å². The Morgan fingerprint density at radius 2 is 1.93 bits per heavy atom. The van der Waals surface area contributed by atoms with Gasteiger partial charge in [-0.1, -0.05) is 12.1 Å². The van der Waals surface area contributed by atoms with Crippen LogP contribution in [0.3, 0.4) is 0 Å². The van der Waals surface area contributed by atoms with Gasteiger partial charge in [0.25, 0.3) is 0 Å². The van der Waals surface area contributed by atoms with E-state index in [1.54, 1.807) is 31.4 Å². The number of hydrogen-bond acceptors (Lipinski definition) is 2. The number of rotatable bonds is 3. The quantitative estimate of drug-likeness (QED) is 0.584. The van der Waals surface area contributed by atoms with Gasteiger partial charge in [0.15, 0.2) is 17.4 Å². The van der Waals surface area contributed by atoms with Crippen molar-refractivity contribution in [3.63, 3.8) is 0 Å². The summed E-state index contributed by atoms with van der Waals surface area (Å²) in [4.78, 5) is 10.2. The van der Waals surface area contributed by atoms with Gasteiger partial charge in [0.2, 0.25) is 0 Å². The molecule has 0 aromatic heterocycles. The van der Waals surface area contributed by atoms with E-state index in [1.165, 1.54) is 6.08 Å². The van der Waals surface area contributed by atoms with E-state index in [0.29, 0.717) is 0 Å². The highest BCUT2D eigenvalue weighted by Crippen LogP contribution is 2.11. The number of aliphatic carboxylic acids is 1. The second kappa shape index (κ2) is 6.25. The van der Waals surface area contributed by atoms with Crippen LogP contribution in [0.25, 0.3) is 6.08 Å². The minimum atomic E-state index is -0.948. The molecule has 0 fully saturated rings. The standard InChI is InChI=1S/C10H10O3.Al.3H/c1-13-9-5-2-8(3-6-9)4-7-10(11)12;;;;/h2-7H,1H3,(H,11,12);;;;/b7-4+;;;;. The van der Waals surface area contributed by atoms with Gasteiger partial charge in [-0.3, -0.25) is 0 Å². The van der Waals surface area contributed by atoms with Crippen LogP contribution in [0.15, 0.2) is 30.3 Å². The van der Waals surface area contributed by atoms with Crippen molar-refractivity contribution in [2.24, 2.45) is 0 Å². The summed E-state index contributed by atoms with van der Waals surface area (Å²) in [6.45, 7) is 0. The Morgan fingerprint density at radius 1 is 1.36 bits per heavy atom. The maximum atomic E-state index is 10.2. The van der Waals surface area contributed by atoms with Crippen LogP contribution in [0.2, 0.25) is 0 Å². The zero-order chi connectivity index (χ0) is 9.68. The minimum Gasteiger partial charge on any atom is -0.497 e. The summed E-state index contributed by atoms with van der Waals surface area (Å²) in [7, 11) is 1.59. The van der Waals surface area contributed by atoms with Gasteiger partial charge in [-0.05, 0) is 23.8 Å². The lowest BCUT2D eigenvalue weighted by Gasteiger charge is -1.98. The summed E-state index contributed by atoms with van der Waals surface area (Å²) in [6, 6.07) is 7.14. The Kier molecular flexibility index (Phi) is 5.70. The Morgan fingerprint density at radius 3 is 2.36 bits per heavy atom. The van der Waals surface area contributed by atoms with E-state index < -0.39 is 5.97 Å². The maximum absolute atomic E-state index is 10.2. The fourth-order valence-electron chi connectivity index (χ4n) is 0.883. The van der Waals surface area contributed by atoms with Crippen molar-refractivity contribution in [1.29, 1.82) is 0 Å². The van der Waals surface area contributed by atoms with Gasteiger partial charge in [0, 0.05) is 6.08 Å². The molecule has 0 spiro atoms. The Labute approximate surface area is 93.1 Å². The SMILES string of the molecule is COc1ccc(/C=C/C(=O)O)cc1.[AlH3]. The van der Waals surface area contributed by atoms with Crippen molar-refractivity contribution in [2.45, 2.75) is 0 Å². The summed E-state index contributed by atoms with van der Waals surface area (Å²) in [5, 5.41) is 8.36. The predicted octanol–water partition coefficient (Wildman–Crippen LogP) is 0.609. The van der Waals surface area contributed by atoms with Crippen LogP contribution in [-0.4, -0.2) is 35.5 Å². The summed E-state index contributed by atoms with van der Waals surface area (Å²) in [6.07, 6.45) is 2.63. The molecule has 0 atom stereocenters. The van der Waals surface area contributed by atoms with Crippen LogP contribution in [0.5, 0.6) is 5.75 Å². The van der Waals surface area contributed by atoms with E-state index in [2.05, 4.69) is 0 Å². The van der Waals surface area contributed by atoms with Crippen LogP contribution >= 0.6 is 0 Å². The number of carboxylic acid groups (broad SMARTS) is 1. The van der Waals surface area contributed by atoms with Crippen LogP contribution in [-0.2, 0) is 4.79 Å². The number of benzene rings is 1. The highest BCUT2D eigenvalue weighted by atomic mass is 27.0. The molecular weight excluding hydrogens is 195 g/mol. The lowest BCUT2D eigenvalue weighted by atomic mass is 10.2. The molecule has 0 unspecified atom stereocenters. The molecular formula is C10H13AlO3. The van der Waals surface area contributed by atoms with Gasteiger partial charge in [-0.25, -0.2) is 4.79 Å². The van der Waals surface area contributed by atoms with E-state index >= 15 is 0 Å². The van der Waals surface area contributed by atoms with E-state index in [9.17, 15) is 4.79 Å². The molecule has 0 bridgehead atoms. The molecule has 0 heterocycles. The first-order valence-electron chi connectivity index (χ1n) is 3.77. The first-order chi connectivity index (χ1) is 6.22. The third-order valence-corrected chi connectivity index (χ3v) is 1.53. The predicted molar refractivity (Wildman–Crippen MR) is 59.6 cm³/mol. The third kappa shape index (κ3) is 4.13. The fourth-order valence-corrected chi connectivity index (χ4v) is 0.883. The first kappa shape index (κ1) is 12.8. The van der Waals surface area contributed by atoms with E-state index in [0.717, 1.165) is 17.4 Å². The largest absolute Gasteiger partial charge is 0.497 e. The van der Waals surface area contributed by atoms with Gasteiger partial charge in [0.1, 0.15) is 5.75 Å². The third-order valence-electron chi connectivity index (χ3n) is 1.53. The molecule has 0 saturated carbocycles. The molecule has 0 saturated heterocycles. The lowest BCUT2D eigenvalue weighted by Crippen LogP contribution is -1.86. The number of carboxylic acids is 1. The zero-order valence-electron chi connectivity index (χ0n) is 7.23.